The maximum absolute atomic E-state index is 13.7. The number of ether oxygens (including phenoxy) is 1. The molecule has 0 radical (unpaired) electrons. The third-order valence-electron chi connectivity index (χ3n) is 6.85. The predicted molar refractivity (Wildman–Crippen MR) is 151 cm³/mol. The van der Waals surface area contributed by atoms with Gasteiger partial charge in [0.05, 0.1) is 6.04 Å². The van der Waals surface area contributed by atoms with Crippen LogP contribution >= 0.6 is 0 Å². The van der Waals surface area contributed by atoms with Crippen molar-refractivity contribution in [3.05, 3.63) is 83.5 Å². The highest BCUT2D eigenvalue weighted by molar-refractivity contribution is 5.96. The molecular formula is C30H31FN6O6. The SMILES string of the molecule is Cc1cc(C(=O)N[C@@H](Cc2ccc(F)cc2)C(=O)N[C@@H](C[C@@H]2CCCNC2=O)[C@H](C#N)OC(=O)Nc2ccccc2)no1. The topological polar surface area (TPSA) is 175 Å². The van der Waals surface area contributed by atoms with E-state index in [1.54, 1.807) is 37.3 Å². The normalized spacial score (nSPS) is 16.5. The molecule has 3 aromatic rings. The number of hydrogen-bond acceptors (Lipinski definition) is 8. The minimum atomic E-state index is -1.48. The van der Waals surface area contributed by atoms with E-state index in [1.165, 1.54) is 30.3 Å². The summed E-state index contributed by atoms with van der Waals surface area (Å²) in [5.74, 6) is -2.30. The van der Waals surface area contributed by atoms with Crippen molar-refractivity contribution in [2.75, 3.05) is 11.9 Å². The van der Waals surface area contributed by atoms with Gasteiger partial charge in [0, 0.05) is 30.6 Å². The minimum absolute atomic E-state index is 0.00584. The Balaban J connectivity index is 1.56. The smallest absolute Gasteiger partial charge is 0.413 e. The van der Waals surface area contributed by atoms with Crippen LogP contribution in [0.1, 0.15) is 41.1 Å². The number of benzene rings is 2. The van der Waals surface area contributed by atoms with Crippen LogP contribution in [0.15, 0.2) is 65.2 Å². The number of nitriles is 1. The van der Waals surface area contributed by atoms with Gasteiger partial charge in [0.25, 0.3) is 5.91 Å². The number of nitrogens with zero attached hydrogens (tertiary/aromatic N) is 2. The van der Waals surface area contributed by atoms with Gasteiger partial charge in [-0.2, -0.15) is 5.26 Å². The molecule has 1 saturated heterocycles. The highest BCUT2D eigenvalue weighted by Crippen LogP contribution is 2.21. The molecule has 0 aliphatic carbocycles. The molecule has 1 aliphatic heterocycles. The Kier molecular flexibility index (Phi) is 10.4. The Labute approximate surface area is 246 Å². The Bertz CT molecular complexity index is 1470. The van der Waals surface area contributed by atoms with Crippen molar-refractivity contribution in [3.8, 4) is 6.07 Å². The predicted octanol–water partition coefficient (Wildman–Crippen LogP) is 3.01. The van der Waals surface area contributed by atoms with Crippen molar-refractivity contribution < 1.29 is 32.8 Å². The summed E-state index contributed by atoms with van der Waals surface area (Å²) in [6.45, 7) is 2.12. The van der Waals surface area contributed by atoms with E-state index >= 15 is 0 Å². The number of nitrogens with one attached hydrogen (secondary N) is 4. The van der Waals surface area contributed by atoms with Crippen LogP contribution < -0.4 is 21.3 Å². The number of anilines is 1. The van der Waals surface area contributed by atoms with E-state index in [2.05, 4.69) is 26.4 Å². The molecule has 4 amide bonds. The fourth-order valence-electron chi connectivity index (χ4n) is 4.66. The number of piperidine rings is 1. The van der Waals surface area contributed by atoms with E-state index in [-0.39, 0.29) is 24.4 Å². The number of carbonyl (C=O) groups is 4. The van der Waals surface area contributed by atoms with Crippen LogP contribution in [-0.4, -0.2) is 53.7 Å². The molecule has 43 heavy (non-hydrogen) atoms. The van der Waals surface area contributed by atoms with Crippen LogP contribution in [-0.2, 0) is 20.7 Å². The molecule has 1 aromatic heterocycles. The van der Waals surface area contributed by atoms with E-state index in [4.69, 9.17) is 9.26 Å². The zero-order valence-corrected chi connectivity index (χ0v) is 23.3. The van der Waals surface area contributed by atoms with Crippen molar-refractivity contribution in [1.82, 2.24) is 21.1 Å². The molecule has 224 valence electrons. The van der Waals surface area contributed by atoms with Crippen LogP contribution in [0.5, 0.6) is 0 Å². The van der Waals surface area contributed by atoms with E-state index < -0.39 is 47.8 Å². The van der Waals surface area contributed by atoms with Crippen molar-refractivity contribution in [3.63, 3.8) is 0 Å². The number of amides is 4. The number of carbonyl (C=O) groups excluding carboxylic acids is 4. The second kappa shape index (κ2) is 14.6. The molecular weight excluding hydrogens is 559 g/mol. The molecule has 4 rings (SSSR count). The molecule has 0 spiro atoms. The summed E-state index contributed by atoms with van der Waals surface area (Å²) >= 11 is 0. The lowest BCUT2D eigenvalue weighted by Gasteiger charge is -2.30. The molecule has 0 unspecified atom stereocenters. The second-order valence-corrected chi connectivity index (χ2v) is 10.1. The van der Waals surface area contributed by atoms with Crippen LogP contribution in [0.4, 0.5) is 14.9 Å². The van der Waals surface area contributed by atoms with Gasteiger partial charge in [0.2, 0.25) is 17.9 Å². The Morgan fingerprint density at radius 3 is 2.56 bits per heavy atom. The molecule has 4 atom stereocenters. The summed E-state index contributed by atoms with van der Waals surface area (Å²) in [5, 5.41) is 24.3. The van der Waals surface area contributed by atoms with Gasteiger partial charge in [-0.15, -0.1) is 0 Å². The number of halogens is 1. The second-order valence-electron chi connectivity index (χ2n) is 10.1. The van der Waals surface area contributed by atoms with E-state index in [0.29, 0.717) is 36.4 Å². The first-order chi connectivity index (χ1) is 20.7. The summed E-state index contributed by atoms with van der Waals surface area (Å²) in [6.07, 6.45) is -1.26. The summed E-state index contributed by atoms with van der Waals surface area (Å²) in [7, 11) is 0. The first-order valence-corrected chi connectivity index (χ1v) is 13.7. The average molecular weight is 591 g/mol. The third-order valence-corrected chi connectivity index (χ3v) is 6.85. The summed E-state index contributed by atoms with van der Waals surface area (Å²) in [6, 6.07) is 14.8. The van der Waals surface area contributed by atoms with Gasteiger partial charge >= 0.3 is 6.09 Å². The molecule has 2 aromatic carbocycles. The number of para-hydroxylation sites is 1. The molecule has 1 aliphatic rings. The van der Waals surface area contributed by atoms with Crippen LogP contribution in [0.25, 0.3) is 0 Å². The Morgan fingerprint density at radius 1 is 1.16 bits per heavy atom. The van der Waals surface area contributed by atoms with Gasteiger partial charge < -0.3 is 25.2 Å². The van der Waals surface area contributed by atoms with Gasteiger partial charge in [0.1, 0.15) is 23.7 Å². The van der Waals surface area contributed by atoms with Crippen molar-refractivity contribution in [2.45, 2.75) is 50.8 Å². The van der Waals surface area contributed by atoms with Crippen molar-refractivity contribution in [2.24, 2.45) is 5.92 Å². The highest BCUT2D eigenvalue weighted by Gasteiger charge is 2.35. The number of rotatable bonds is 11. The molecule has 0 bridgehead atoms. The molecule has 12 nitrogen and oxygen atoms in total. The summed E-state index contributed by atoms with van der Waals surface area (Å²) in [5.41, 5.74) is 0.916. The van der Waals surface area contributed by atoms with Gasteiger partial charge in [-0.1, -0.05) is 35.5 Å². The first-order valence-electron chi connectivity index (χ1n) is 13.7. The molecule has 2 heterocycles. The zero-order valence-electron chi connectivity index (χ0n) is 23.3. The summed E-state index contributed by atoms with van der Waals surface area (Å²) < 4.78 is 23.9. The largest absolute Gasteiger partial charge is 0.428 e. The van der Waals surface area contributed by atoms with Gasteiger partial charge in [-0.05, 0) is 56.0 Å². The maximum atomic E-state index is 13.7. The van der Waals surface area contributed by atoms with Crippen molar-refractivity contribution >= 4 is 29.5 Å². The Hall–Kier alpha value is -5.25. The standard InChI is InChI=1S/C30H31FN6O6/c1-18-14-25(37-43-18)29(40)36-24(15-19-9-11-21(31)12-10-19)28(39)35-23(16-20-6-5-13-33-27(20)38)26(17-32)42-30(41)34-22-7-3-2-4-8-22/h2-4,7-12,14,20,23-24,26H,5-6,13,15-16H2,1H3,(H,33,38)(H,34,41)(H,35,39)(H,36,40)/t20-,23-,24-,26-/m0/s1. The lowest BCUT2D eigenvalue weighted by Crippen LogP contribution is -2.55. The highest BCUT2D eigenvalue weighted by atomic mass is 19.1. The van der Waals surface area contributed by atoms with Crippen LogP contribution in [0.3, 0.4) is 0 Å². The quantitative estimate of drug-likeness (QED) is 0.264. The minimum Gasteiger partial charge on any atom is -0.428 e. The summed E-state index contributed by atoms with van der Waals surface area (Å²) in [4.78, 5) is 51.8. The first kappa shape index (κ1) is 30.7. The molecule has 0 saturated carbocycles. The molecule has 4 N–H and O–H groups in total. The lowest BCUT2D eigenvalue weighted by atomic mass is 9.89. The van der Waals surface area contributed by atoms with E-state index in [1.807, 2.05) is 6.07 Å². The van der Waals surface area contributed by atoms with E-state index in [9.17, 15) is 28.8 Å². The maximum Gasteiger partial charge on any atom is 0.413 e. The van der Waals surface area contributed by atoms with Gasteiger partial charge in [-0.3, -0.25) is 19.7 Å². The average Bonchev–Trinajstić information content (AvgIpc) is 3.44. The van der Waals surface area contributed by atoms with Crippen LogP contribution in [0.2, 0.25) is 0 Å². The number of aryl methyl sites for hydroxylation is 1. The lowest BCUT2D eigenvalue weighted by molar-refractivity contribution is -0.129. The zero-order chi connectivity index (χ0) is 30.8. The fraction of sp³-hybridized carbons (Fsp3) is 0.333. The van der Waals surface area contributed by atoms with Gasteiger partial charge in [-0.25, -0.2) is 9.18 Å². The molecule has 13 heteroatoms. The monoisotopic (exact) mass is 590 g/mol. The Morgan fingerprint density at radius 2 is 1.91 bits per heavy atom. The fourth-order valence-corrected chi connectivity index (χ4v) is 4.66. The number of hydrogen-bond donors (Lipinski definition) is 4. The van der Waals surface area contributed by atoms with E-state index in [0.717, 1.165) is 0 Å². The van der Waals surface area contributed by atoms with Gasteiger partial charge in [0.15, 0.2) is 5.69 Å². The molecule has 1 fully saturated rings. The third kappa shape index (κ3) is 8.87. The van der Waals surface area contributed by atoms with Crippen LogP contribution in [0, 0.1) is 30.0 Å². The van der Waals surface area contributed by atoms with Crippen molar-refractivity contribution in [1.29, 1.82) is 5.26 Å². The number of aromatic nitrogens is 1.